The summed E-state index contributed by atoms with van der Waals surface area (Å²) in [5.41, 5.74) is 6.49. The summed E-state index contributed by atoms with van der Waals surface area (Å²) in [5.74, 6) is 1.74. The van der Waals surface area contributed by atoms with E-state index < -0.39 is 0 Å². The van der Waals surface area contributed by atoms with E-state index in [1.165, 1.54) is 6.33 Å². The van der Waals surface area contributed by atoms with Gasteiger partial charge in [0.2, 0.25) is 0 Å². The van der Waals surface area contributed by atoms with Crippen LogP contribution in [0.1, 0.15) is 19.3 Å². The molecule has 0 amide bonds. The molecule has 0 spiro atoms. The summed E-state index contributed by atoms with van der Waals surface area (Å²) in [4.78, 5) is 22.7. The molecule has 26 heavy (non-hydrogen) atoms. The van der Waals surface area contributed by atoms with Crippen molar-refractivity contribution < 1.29 is 4.79 Å². The average Bonchev–Trinajstić information content (AvgIpc) is 2.59. The number of hydrogen-bond donors (Lipinski definition) is 2. The zero-order valence-electron chi connectivity index (χ0n) is 14.3. The molecule has 1 atom stereocenters. The lowest BCUT2D eigenvalue weighted by Gasteiger charge is -2.33. The van der Waals surface area contributed by atoms with Crippen molar-refractivity contribution in [2.45, 2.75) is 19.3 Å². The highest BCUT2D eigenvalue weighted by molar-refractivity contribution is 6.35. The molecule has 3 N–H and O–H groups in total. The lowest BCUT2D eigenvalue weighted by atomic mass is 9.93. The molecular formula is C18H21Cl2N5O. The summed E-state index contributed by atoms with van der Waals surface area (Å²) in [6.45, 7) is 1.97. The molecule has 1 aliphatic heterocycles. The van der Waals surface area contributed by atoms with E-state index in [2.05, 4.69) is 20.2 Å². The first-order chi connectivity index (χ1) is 12.5. The zero-order chi connectivity index (χ0) is 18.5. The lowest BCUT2D eigenvalue weighted by molar-refractivity contribution is -0.118. The molecule has 8 heteroatoms. The van der Waals surface area contributed by atoms with Gasteiger partial charge in [-0.3, -0.25) is 4.79 Å². The normalized spacial score (nSPS) is 17.2. The van der Waals surface area contributed by atoms with Crippen LogP contribution in [0.15, 0.2) is 30.6 Å². The van der Waals surface area contributed by atoms with Crippen molar-refractivity contribution in [3.63, 3.8) is 0 Å². The van der Waals surface area contributed by atoms with E-state index in [1.807, 2.05) is 0 Å². The molecule has 138 valence electrons. The van der Waals surface area contributed by atoms with Gasteiger partial charge in [-0.1, -0.05) is 23.2 Å². The molecular weight excluding hydrogens is 373 g/mol. The van der Waals surface area contributed by atoms with Crippen LogP contribution in [0.4, 0.5) is 17.3 Å². The number of nitrogens with zero attached hydrogens (tertiary/aromatic N) is 3. The van der Waals surface area contributed by atoms with Gasteiger partial charge in [-0.05, 0) is 37.0 Å². The predicted octanol–water partition coefficient (Wildman–Crippen LogP) is 3.65. The Hall–Kier alpha value is -2.05. The fraction of sp³-hybridized carbons (Fsp3) is 0.389. The highest BCUT2D eigenvalue weighted by Crippen LogP contribution is 2.25. The molecule has 3 rings (SSSR count). The number of nitrogens with two attached hydrogens (primary N) is 1. The third-order valence-electron chi connectivity index (χ3n) is 4.39. The number of aromatic nitrogens is 2. The lowest BCUT2D eigenvalue weighted by Crippen LogP contribution is -2.37. The van der Waals surface area contributed by atoms with Crippen molar-refractivity contribution in [3.05, 3.63) is 40.6 Å². The fourth-order valence-corrected chi connectivity index (χ4v) is 3.75. The SMILES string of the molecule is Nc1cc(N2CCC[C@@H](CC(=O)CNc3cc(Cl)cc(Cl)c3)C2)ncn1. The number of nitrogen functional groups attached to an aromatic ring is 1. The van der Waals surface area contributed by atoms with E-state index >= 15 is 0 Å². The van der Waals surface area contributed by atoms with Crippen LogP contribution in [0, 0.1) is 5.92 Å². The molecule has 6 nitrogen and oxygen atoms in total. The van der Waals surface area contributed by atoms with Crippen LogP contribution in [-0.2, 0) is 4.79 Å². The van der Waals surface area contributed by atoms with E-state index in [0.29, 0.717) is 28.2 Å². The third-order valence-corrected chi connectivity index (χ3v) is 4.82. The molecule has 2 aromatic rings. The molecule has 1 aromatic heterocycles. The summed E-state index contributed by atoms with van der Waals surface area (Å²) < 4.78 is 0. The quantitative estimate of drug-likeness (QED) is 0.778. The second-order valence-electron chi connectivity index (χ2n) is 6.51. The molecule has 0 unspecified atom stereocenters. The van der Waals surface area contributed by atoms with Gasteiger partial charge in [0.25, 0.3) is 0 Å². The minimum absolute atomic E-state index is 0.162. The summed E-state index contributed by atoms with van der Waals surface area (Å²) >= 11 is 11.9. The van der Waals surface area contributed by atoms with Crippen LogP contribution in [-0.4, -0.2) is 35.4 Å². The highest BCUT2D eigenvalue weighted by Gasteiger charge is 2.23. The molecule has 2 heterocycles. The number of anilines is 3. The zero-order valence-corrected chi connectivity index (χ0v) is 15.8. The minimum atomic E-state index is 0.162. The Morgan fingerprint density at radius 2 is 2.00 bits per heavy atom. The first kappa shape index (κ1) is 18.7. The Kier molecular flexibility index (Phi) is 6.16. The predicted molar refractivity (Wildman–Crippen MR) is 106 cm³/mol. The number of carbonyl (C=O) groups excluding carboxylic acids is 1. The highest BCUT2D eigenvalue weighted by atomic mass is 35.5. The van der Waals surface area contributed by atoms with Crippen molar-refractivity contribution in [2.24, 2.45) is 5.92 Å². The van der Waals surface area contributed by atoms with Gasteiger partial charge in [-0.15, -0.1) is 0 Å². The number of hydrogen-bond acceptors (Lipinski definition) is 6. The Morgan fingerprint density at radius 3 is 2.73 bits per heavy atom. The van der Waals surface area contributed by atoms with E-state index in [1.54, 1.807) is 24.3 Å². The second kappa shape index (κ2) is 8.56. The van der Waals surface area contributed by atoms with Gasteiger partial charge in [0, 0.05) is 41.3 Å². The Morgan fingerprint density at radius 1 is 1.23 bits per heavy atom. The number of Topliss-reactive ketones (excluding diaryl/α,β-unsaturated/α-hetero) is 1. The molecule has 1 saturated heterocycles. The van der Waals surface area contributed by atoms with Crippen LogP contribution in [0.25, 0.3) is 0 Å². The van der Waals surface area contributed by atoms with Gasteiger partial charge in [0.1, 0.15) is 18.0 Å². The van der Waals surface area contributed by atoms with E-state index in [9.17, 15) is 4.79 Å². The number of nitrogens with one attached hydrogen (secondary N) is 1. The van der Waals surface area contributed by atoms with E-state index in [-0.39, 0.29) is 12.3 Å². The van der Waals surface area contributed by atoms with Gasteiger partial charge in [0.05, 0.1) is 6.54 Å². The number of halogens is 2. The molecule has 0 bridgehead atoms. The van der Waals surface area contributed by atoms with Gasteiger partial charge in [0.15, 0.2) is 5.78 Å². The molecule has 1 fully saturated rings. The summed E-state index contributed by atoms with van der Waals surface area (Å²) in [6, 6.07) is 6.94. The van der Waals surface area contributed by atoms with Gasteiger partial charge in [-0.2, -0.15) is 0 Å². The van der Waals surface area contributed by atoms with Crippen LogP contribution < -0.4 is 16.0 Å². The first-order valence-corrected chi connectivity index (χ1v) is 9.29. The van der Waals surface area contributed by atoms with Crippen LogP contribution >= 0.6 is 23.2 Å². The smallest absolute Gasteiger partial charge is 0.152 e. The Bertz CT molecular complexity index is 766. The van der Waals surface area contributed by atoms with Crippen LogP contribution in [0.5, 0.6) is 0 Å². The van der Waals surface area contributed by atoms with Gasteiger partial charge >= 0.3 is 0 Å². The molecule has 0 radical (unpaired) electrons. The van der Waals surface area contributed by atoms with Crippen molar-refractivity contribution >= 4 is 46.3 Å². The van der Waals surface area contributed by atoms with Gasteiger partial charge < -0.3 is 16.0 Å². The second-order valence-corrected chi connectivity index (χ2v) is 7.38. The maximum atomic E-state index is 12.4. The summed E-state index contributed by atoms with van der Waals surface area (Å²) in [7, 11) is 0. The number of rotatable bonds is 6. The number of piperidine rings is 1. The topological polar surface area (TPSA) is 84.1 Å². The van der Waals surface area contributed by atoms with Gasteiger partial charge in [-0.25, -0.2) is 9.97 Å². The first-order valence-electron chi connectivity index (χ1n) is 8.54. The Balaban J connectivity index is 1.52. The third kappa shape index (κ3) is 5.22. The van der Waals surface area contributed by atoms with E-state index in [0.717, 1.165) is 37.4 Å². The summed E-state index contributed by atoms with van der Waals surface area (Å²) in [5, 5.41) is 4.18. The minimum Gasteiger partial charge on any atom is -0.384 e. The number of carbonyl (C=O) groups is 1. The van der Waals surface area contributed by atoms with Crippen molar-refractivity contribution in [3.8, 4) is 0 Å². The van der Waals surface area contributed by atoms with Crippen LogP contribution in [0.3, 0.4) is 0 Å². The monoisotopic (exact) mass is 393 g/mol. The Labute approximate surface area is 162 Å². The van der Waals surface area contributed by atoms with Crippen LogP contribution in [0.2, 0.25) is 10.0 Å². The summed E-state index contributed by atoms with van der Waals surface area (Å²) in [6.07, 6.45) is 4.06. The van der Waals surface area contributed by atoms with E-state index in [4.69, 9.17) is 28.9 Å². The fourth-order valence-electron chi connectivity index (χ4n) is 3.22. The average molecular weight is 394 g/mol. The molecule has 1 aromatic carbocycles. The van der Waals surface area contributed by atoms with Crippen molar-refractivity contribution in [1.82, 2.24) is 9.97 Å². The standard InChI is InChI=1S/C18H21Cl2N5O/c19-13-5-14(20)7-15(6-13)22-9-16(26)4-12-2-1-3-25(10-12)18-8-17(21)23-11-24-18/h5-8,11-12,22H,1-4,9-10H2,(H2,21,23,24)/t12-/m0/s1. The number of benzene rings is 1. The molecule has 1 aliphatic rings. The van der Waals surface area contributed by atoms with Crippen molar-refractivity contribution in [1.29, 1.82) is 0 Å². The maximum absolute atomic E-state index is 12.4. The van der Waals surface area contributed by atoms with Crippen molar-refractivity contribution in [2.75, 3.05) is 35.6 Å². The molecule has 0 aliphatic carbocycles. The maximum Gasteiger partial charge on any atom is 0.152 e. The molecule has 0 saturated carbocycles. The number of ketones is 1. The largest absolute Gasteiger partial charge is 0.384 e.